The van der Waals surface area contributed by atoms with Gasteiger partial charge in [0.2, 0.25) is 5.91 Å². The predicted octanol–water partition coefficient (Wildman–Crippen LogP) is 0.982. The minimum Gasteiger partial charge on any atom is -0.353 e. The van der Waals surface area contributed by atoms with E-state index in [-0.39, 0.29) is 18.0 Å². The largest absolute Gasteiger partial charge is 0.353 e. The van der Waals surface area contributed by atoms with Gasteiger partial charge < -0.3 is 5.32 Å². The molecule has 0 unspecified atom stereocenters. The first-order valence-corrected chi connectivity index (χ1v) is 10.4. The Kier molecular flexibility index (Phi) is 6.03. The molecule has 1 amide bonds. The first kappa shape index (κ1) is 18.3. The number of nitrogens with one attached hydrogen (secondary N) is 2. The average Bonchev–Trinajstić information content (AvgIpc) is 3.26. The number of carbonyl (C=O) groups is 1. The fourth-order valence-electron chi connectivity index (χ4n) is 3.54. The second-order valence-corrected chi connectivity index (χ2v) is 8.56. The van der Waals surface area contributed by atoms with Crippen molar-refractivity contribution in [1.29, 1.82) is 0 Å². The highest BCUT2D eigenvalue weighted by Crippen LogP contribution is 2.21. The number of carbonyl (C=O) groups excluding carboxylic acids is 1. The molecule has 7 nitrogen and oxygen atoms in total. The SMILES string of the molecule is O=C(CCc1ccncc1)N[C@@H]1CC[C@H](NS(=O)(=O)N2CCCC2)C1. The molecule has 2 atom stereocenters. The van der Waals surface area contributed by atoms with Crippen LogP contribution < -0.4 is 10.0 Å². The first-order chi connectivity index (χ1) is 12.0. The molecule has 138 valence electrons. The number of amides is 1. The van der Waals surface area contributed by atoms with Crippen molar-refractivity contribution in [3.8, 4) is 0 Å². The summed E-state index contributed by atoms with van der Waals surface area (Å²) in [6.45, 7) is 1.22. The summed E-state index contributed by atoms with van der Waals surface area (Å²) in [6.07, 6.45) is 8.67. The van der Waals surface area contributed by atoms with Crippen LogP contribution in [0.1, 0.15) is 44.1 Å². The molecule has 8 heteroatoms. The van der Waals surface area contributed by atoms with Gasteiger partial charge in [0.25, 0.3) is 10.2 Å². The zero-order valence-corrected chi connectivity index (χ0v) is 15.2. The van der Waals surface area contributed by atoms with Gasteiger partial charge in [-0.1, -0.05) is 0 Å². The number of hydrogen-bond donors (Lipinski definition) is 2. The van der Waals surface area contributed by atoms with Crippen LogP contribution in [0.4, 0.5) is 0 Å². The topological polar surface area (TPSA) is 91.4 Å². The van der Waals surface area contributed by atoms with Crippen LogP contribution in [0.3, 0.4) is 0 Å². The summed E-state index contributed by atoms with van der Waals surface area (Å²) in [5.41, 5.74) is 1.09. The van der Waals surface area contributed by atoms with E-state index in [9.17, 15) is 13.2 Å². The molecule has 1 saturated heterocycles. The lowest BCUT2D eigenvalue weighted by Gasteiger charge is -2.20. The molecule has 3 rings (SSSR count). The van der Waals surface area contributed by atoms with Crippen LogP contribution in [-0.2, 0) is 21.4 Å². The van der Waals surface area contributed by atoms with Gasteiger partial charge in [-0.2, -0.15) is 17.4 Å². The van der Waals surface area contributed by atoms with Crippen LogP contribution in [0.2, 0.25) is 0 Å². The van der Waals surface area contributed by atoms with Crippen molar-refractivity contribution in [2.75, 3.05) is 13.1 Å². The number of pyridine rings is 1. The molecule has 0 spiro atoms. The van der Waals surface area contributed by atoms with E-state index in [1.807, 2.05) is 12.1 Å². The van der Waals surface area contributed by atoms with Crippen LogP contribution in [0.15, 0.2) is 24.5 Å². The zero-order valence-electron chi connectivity index (χ0n) is 14.4. The van der Waals surface area contributed by atoms with Gasteiger partial charge in [-0.15, -0.1) is 0 Å². The van der Waals surface area contributed by atoms with Gasteiger partial charge in [0.1, 0.15) is 0 Å². The average molecular weight is 366 g/mol. The Morgan fingerprint density at radius 1 is 1.16 bits per heavy atom. The lowest BCUT2D eigenvalue weighted by molar-refractivity contribution is -0.121. The molecule has 1 aromatic rings. The fourth-order valence-corrected chi connectivity index (χ4v) is 5.06. The standard InChI is InChI=1S/C17H26N4O3S/c22-17(6-3-14-7-9-18-10-8-14)19-15-4-5-16(13-15)20-25(23,24)21-11-1-2-12-21/h7-10,15-16,20H,1-6,11-13H2,(H,19,22)/t15-,16+/m1/s1. The molecule has 0 aromatic carbocycles. The Balaban J connectivity index is 1.41. The monoisotopic (exact) mass is 366 g/mol. The highest BCUT2D eigenvalue weighted by atomic mass is 32.2. The maximum atomic E-state index is 12.3. The molecule has 2 N–H and O–H groups in total. The number of nitrogens with zero attached hydrogens (tertiary/aromatic N) is 2. The Morgan fingerprint density at radius 3 is 2.56 bits per heavy atom. The van der Waals surface area contributed by atoms with Crippen molar-refractivity contribution in [3.63, 3.8) is 0 Å². The molecule has 2 aliphatic rings. The van der Waals surface area contributed by atoms with E-state index in [2.05, 4.69) is 15.0 Å². The molecular weight excluding hydrogens is 340 g/mol. The van der Waals surface area contributed by atoms with Gasteiger partial charge in [-0.3, -0.25) is 9.78 Å². The summed E-state index contributed by atoms with van der Waals surface area (Å²) in [4.78, 5) is 16.1. The highest BCUT2D eigenvalue weighted by molar-refractivity contribution is 7.87. The van der Waals surface area contributed by atoms with Gasteiger partial charge in [-0.25, -0.2) is 0 Å². The molecule has 0 radical (unpaired) electrons. The van der Waals surface area contributed by atoms with Crippen LogP contribution >= 0.6 is 0 Å². The lowest BCUT2D eigenvalue weighted by Crippen LogP contribution is -2.44. The quantitative estimate of drug-likeness (QED) is 0.753. The molecule has 25 heavy (non-hydrogen) atoms. The van der Waals surface area contributed by atoms with Crippen LogP contribution in [-0.4, -0.2) is 48.8 Å². The molecule has 2 fully saturated rings. The molecule has 0 bridgehead atoms. The van der Waals surface area contributed by atoms with Gasteiger partial charge in [0, 0.05) is 44.0 Å². The summed E-state index contributed by atoms with van der Waals surface area (Å²) in [5, 5.41) is 3.03. The van der Waals surface area contributed by atoms with E-state index in [0.717, 1.165) is 31.2 Å². The first-order valence-electron chi connectivity index (χ1n) is 8.98. The van der Waals surface area contributed by atoms with E-state index in [0.29, 0.717) is 32.4 Å². The maximum absolute atomic E-state index is 12.3. The van der Waals surface area contributed by atoms with E-state index < -0.39 is 10.2 Å². The Labute approximate surface area is 149 Å². The van der Waals surface area contributed by atoms with E-state index in [1.54, 1.807) is 12.4 Å². The van der Waals surface area contributed by atoms with Crippen molar-refractivity contribution >= 4 is 16.1 Å². The third kappa shape index (κ3) is 5.23. The van der Waals surface area contributed by atoms with Crippen molar-refractivity contribution in [2.24, 2.45) is 0 Å². The third-order valence-corrected chi connectivity index (χ3v) is 6.58. The summed E-state index contributed by atoms with van der Waals surface area (Å²) in [7, 11) is -3.38. The van der Waals surface area contributed by atoms with Gasteiger partial charge in [0.05, 0.1) is 0 Å². The summed E-state index contributed by atoms with van der Waals surface area (Å²) in [5.74, 6) is 0.0184. The molecule has 1 saturated carbocycles. The summed E-state index contributed by atoms with van der Waals surface area (Å²) in [6, 6.07) is 3.78. The Morgan fingerprint density at radius 2 is 1.84 bits per heavy atom. The smallest absolute Gasteiger partial charge is 0.279 e. The van der Waals surface area contributed by atoms with E-state index in [4.69, 9.17) is 0 Å². The third-order valence-electron chi connectivity index (χ3n) is 4.91. The molecule has 2 heterocycles. The number of aryl methyl sites for hydroxylation is 1. The number of rotatable bonds is 7. The second-order valence-electron chi connectivity index (χ2n) is 6.86. The van der Waals surface area contributed by atoms with Crippen LogP contribution in [0.25, 0.3) is 0 Å². The zero-order chi connectivity index (χ0) is 17.7. The van der Waals surface area contributed by atoms with E-state index >= 15 is 0 Å². The van der Waals surface area contributed by atoms with Crippen molar-refractivity contribution < 1.29 is 13.2 Å². The molecule has 1 aliphatic carbocycles. The summed E-state index contributed by atoms with van der Waals surface area (Å²) < 4.78 is 28.9. The minimum absolute atomic E-state index is 0.0184. The van der Waals surface area contributed by atoms with Gasteiger partial charge in [-0.05, 0) is 56.2 Å². The highest BCUT2D eigenvalue weighted by Gasteiger charge is 2.32. The van der Waals surface area contributed by atoms with Crippen LogP contribution in [0.5, 0.6) is 0 Å². The predicted molar refractivity (Wildman–Crippen MR) is 95.0 cm³/mol. The molecule has 1 aromatic heterocycles. The fraction of sp³-hybridized carbons (Fsp3) is 0.647. The second kappa shape index (κ2) is 8.25. The number of hydrogen-bond acceptors (Lipinski definition) is 4. The Bertz CT molecular complexity index is 674. The van der Waals surface area contributed by atoms with Crippen molar-refractivity contribution in [2.45, 2.75) is 57.0 Å². The summed E-state index contributed by atoms with van der Waals surface area (Å²) >= 11 is 0. The van der Waals surface area contributed by atoms with Crippen molar-refractivity contribution in [3.05, 3.63) is 30.1 Å². The Hall–Kier alpha value is -1.51. The van der Waals surface area contributed by atoms with E-state index in [1.165, 1.54) is 4.31 Å². The van der Waals surface area contributed by atoms with Gasteiger partial charge in [0.15, 0.2) is 0 Å². The minimum atomic E-state index is -3.38. The normalized spacial score (nSPS) is 24.5. The number of aromatic nitrogens is 1. The lowest BCUT2D eigenvalue weighted by atomic mass is 10.1. The van der Waals surface area contributed by atoms with Crippen LogP contribution in [0, 0.1) is 0 Å². The van der Waals surface area contributed by atoms with Gasteiger partial charge >= 0.3 is 0 Å². The molecule has 1 aliphatic heterocycles. The van der Waals surface area contributed by atoms with Crippen molar-refractivity contribution in [1.82, 2.24) is 19.3 Å². The molecular formula is C17H26N4O3S. The maximum Gasteiger partial charge on any atom is 0.279 e.